The van der Waals surface area contributed by atoms with Crippen LogP contribution in [0.5, 0.6) is 0 Å². The summed E-state index contributed by atoms with van der Waals surface area (Å²) in [5.41, 5.74) is 1.69. The van der Waals surface area contributed by atoms with Crippen LogP contribution in [0.25, 0.3) is 0 Å². The van der Waals surface area contributed by atoms with E-state index in [0.717, 1.165) is 0 Å². The molecule has 1 unspecified atom stereocenters. The third-order valence-electron chi connectivity index (χ3n) is 3.41. The van der Waals surface area contributed by atoms with E-state index in [4.69, 9.17) is 8.85 Å². The minimum Gasteiger partial charge on any atom is -0.382 e. The Balaban J connectivity index is 3.13. The van der Waals surface area contributed by atoms with Gasteiger partial charge in [0.25, 0.3) is 0 Å². The van der Waals surface area contributed by atoms with Gasteiger partial charge in [-0.2, -0.15) is 0 Å². The maximum absolute atomic E-state index is 6.20. The summed E-state index contributed by atoms with van der Waals surface area (Å²) in [6.07, 6.45) is 6.81. The van der Waals surface area contributed by atoms with E-state index in [-0.39, 0.29) is 16.5 Å². The van der Waals surface area contributed by atoms with Gasteiger partial charge in [0.1, 0.15) is 0 Å². The van der Waals surface area contributed by atoms with Crippen LogP contribution in [0.3, 0.4) is 0 Å². The number of hydrogen-bond acceptors (Lipinski definition) is 3. The highest BCUT2D eigenvalue weighted by Crippen LogP contribution is 2.39. The normalized spacial score (nSPS) is 20.0. The van der Waals surface area contributed by atoms with Crippen molar-refractivity contribution in [3.05, 3.63) is 23.8 Å². The fourth-order valence-corrected chi connectivity index (χ4v) is 6.02. The molecule has 122 valence electrons. The lowest BCUT2D eigenvalue weighted by molar-refractivity contribution is 0.158. The van der Waals surface area contributed by atoms with Crippen molar-refractivity contribution in [3.8, 4) is 0 Å². The Bertz CT molecular complexity index is 396. The number of nitrogens with one attached hydrogen (secondary N) is 1. The Labute approximate surface area is 132 Å². The molecule has 1 aliphatic carbocycles. The average Bonchev–Trinajstić information content (AvgIpc) is 2.76. The van der Waals surface area contributed by atoms with E-state index in [2.05, 4.69) is 64.8 Å². The van der Waals surface area contributed by atoms with E-state index in [1.807, 2.05) is 13.8 Å². The van der Waals surface area contributed by atoms with Crippen LogP contribution in [0, 0.1) is 5.41 Å². The smallest absolute Gasteiger partial charge is 0.382 e. The maximum atomic E-state index is 6.20. The zero-order valence-electron chi connectivity index (χ0n) is 15.0. The van der Waals surface area contributed by atoms with E-state index < -0.39 is 8.72 Å². The van der Waals surface area contributed by atoms with Crippen molar-refractivity contribution in [2.45, 2.75) is 66.5 Å². The molecule has 0 fully saturated rings. The van der Waals surface area contributed by atoms with Gasteiger partial charge in [0, 0.05) is 18.8 Å². The Morgan fingerprint density at radius 3 is 1.90 bits per heavy atom. The van der Waals surface area contributed by atoms with Crippen molar-refractivity contribution in [2.75, 3.05) is 13.2 Å². The maximum Gasteiger partial charge on any atom is 0.436 e. The first-order valence-electron chi connectivity index (χ1n) is 8.02. The predicted octanol–water partition coefficient (Wildman–Crippen LogP) is 4.30. The van der Waals surface area contributed by atoms with Gasteiger partial charge in [-0.25, -0.2) is 0 Å². The van der Waals surface area contributed by atoms with Gasteiger partial charge < -0.3 is 8.85 Å². The van der Waals surface area contributed by atoms with Gasteiger partial charge in [-0.05, 0) is 45.6 Å². The fourth-order valence-electron chi connectivity index (χ4n) is 2.59. The summed E-state index contributed by atoms with van der Waals surface area (Å²) in [7, 11) is -2.53. The third kappa shape index (κ3) is 5.06. The van der Waals surface area contributed by atoms with Crippen LogP contribution in [0.1, 0.15) is 55.4 Å². The van der Waals surface area contributed by atoms with Crippen LogP contribution in [-0.2, 0) is 8.85 Å². The molecule has 0 aromatic rings. The quantitative estimate of drug-likeness (QED) is 0.742. The topological polar surface area (TPSA) is 30.5 Å². The number of rotatable bonds is 6. The largest absolute Gasteiger partial charge is 0.436 e. The molecule has 4 heteroatoms. The summed E-state index contributed by atoms with van der Waals surface area (Å²) in [5.74, 6) is 0. The molecule has 21 heavy (non-hydrogen) atoms. The lowest BCUT2D eigenvalue weighted by atomic mass is 9.87. The minimum absolute atomic E-state index is 0.0390. The Morgan fingerprint density at radius 1 is 1.05 bits per heavy atom. The van der Waals surface area contributed by atoms with Gasteiger partial charge in [0.05, 0.1) is 5.54 Å². The first kappa shape index (κ1) is 18.6. The monoisotopic (exact) mass is 311 g/mol. The second-order valence-electron chi connectivity index (χ2n) is 7.67. The van der Waals surface area contributed by atoms with Crippen LogP contribution in [0.2, 0.25) is 5.54 Å². The third-order valence-corrected chi connectivity index (χ3v) is 7.18. The van der Waals surface area contributed by atoms with Crippen molar-refractivity contribution < 1.29 is 8.85 Å². The molecule has 0 radical (unpaired) electrons. The molecule has 1 atom stereocenters. The molecule has 0 bridgehead atoms. The predicted molar refractivity (Wildman–Crippen MR) is 92.3 cm³/mol. The second-order valence-corrected chi connectivity index (χ2v) is 10.5. The summed E-state index contributed by atoms with van der Waals surface area (Å²) in [6, 6.07) is 0. The summed E-state index contributed by atoms with van der Waals surface area (Å²) in [5, 5.41) is 0. The van der Waals surface area contributed by atoms with Crippen LogP contribution in [-0.4, -0.2) is 27.5 Å². The fraction of sp³-hybridized carbons (Fsp3) is 0.765. The summed E-state index contributed by atoms with van der Waals surface area (Å²) in [4.78, 5) is 3.68. The van der Waals surface area contributed by atoms with Crippen molar-refractivity contribution >= 4 is 8.72 Å². The van der Waals surface area contributed by atoms with Gasteiger partial charge >= 0.3 is 8.72 Å². The Kier molecular flexibility index (Phi) is 6.01. The van der Waals surface area contributed by atoms with Gasteiger partial charge in [-0.15, -0.1) is 0 Å². The molecule has 0 aliphatic heterocycles. The first-order chi connectivity index (χ1) is 9.54. The van der Waals surface area contributed by atoms with E-state index in [9.17, 15) is 0 Å². The lowest BCUT2D eigenvalue weighted by Gasteiger charge is -2.39. The number of allylic oxidation sites excluding steroid dienone is 4. The van der Waals surface area contributed by atoms with Crippen LogP contribution >= 0.6 is 0 Å². The van der Waals surface area contributed by atoms with Crippen LogP contribution in [0.15, 0.2) is 23.8 Å². The average molecular weight is 312 g/mol. The molecule has 3 nitrogen and oxygen atoms in total. The van der Waals surface area contributed by atoms with Gasteiger partial charge in [-0.1, -0.05) is 39.0 Å². The van der Waals surface area contributed by atoms with Gasteiger partial charge in [-0.3, -0.25) is 4.98 Å². The van der Waals surface area contributed by atoms with E-state index >= 15 is 0 Å². The van der Waals surface area contributed by atoms with E-state index in [1.54, 1.807) is 0 Å². The highest BCUT2D eigenvalue weighted by atomic mass is 28.4. The van der Waals surface area contributed by atoms with Crippen LogP contribution < -0.4 is 4.98 Å². The van der Waals surface area contributed by atoms with E-state index in [0.29, 0.717) is 13.2 Å². The van der Waals surface area contributed by atoms with E-state index in [1.165, 1.54) is 5.57 Å². The molecule has 0 aromatic heterocycles. The molecule has 1 aliphatic rings. The molecule has 1 rings (SSSR count). The van der Waals surface area contributed by atoms with Gasteiger partial charge in [0.2, 0.25) is 0 Å². The zero-order valence-corrected chi connectivity index (χ0v) is 16.0. The summed E-state index contributed by atoms with van der Waals surface area (Å²) >= 11 is 0. The molecule has 0 aromatic carbocycles. The van der Waals surface area contributed by atoms with Crippen LogP contribution in [0.4, 0.5) is 0 Å². The summed E-state index contributed by atoms with van der Waals surface area (Å²) < 4.78 is 12.4. The second kappa shape index (κ2) is 6.78. The molecular weight excluding hydrogens is 278 g/mol. The van der Waals surface area contributed by atoms with Crippen molar-refractivity contribution in [3.63, 3.8) is 0 Å². The number of hydrogen-bond donors (Lipinski definition) is 1. The Morgan fingerprint density at radius 2 is 1.57 bits per heavy atom. The standard InChI is InChI=1S/C17H33NO2Si/c1-9-19-21(20-10-2,18-17(6,7)8)15-12-11-14(13-15)16(3,4)5/h11-13,15,18H,9-10H2,1-8H3. The molecule has 0 saturated heterocycles. The SMILES string of the molecule is CCO[Si](NC(C)(C)C)(OCC)C1C=CC(C(C)(C)C)=C1. The highest BCUT2D eigenvalue weighted by Gasteiger charge is 2.48. The molecule has 0 amide bonds. The first-order valence-corrected chi connectivity index (χ1v) is 9.91. The minimum atomic E-state index is -2.53. The molecule has 0 spiro atoms. The van der Waals surface area contributed by atoms with Gasteiger partial charge in [0.15, 0.2) is 0 Å². The summed E-state index contributed by atoms with van der Waals surface area (Å²) in [6.45, 7) is 18.6. The molecule has 0 saturated carbocycles. The highest BCUT2D eigenvalue weighted by molar-refractivity contribution is 6.67. The molecule has 0 heterocycles. The molecular formula is C17H33NO2Si. The van der Waals surface area contributed by atoms with Crippen molar-refractivity contribution in [1.82, 2.24) is 4.98 Å². The lowest BCUT2D eigenvalue weighted by Crippen LogP contribution is -2.64. The zero-order chi connectivity index (χ0) is 16.3. The Hall–Kier alpha value is -0.423. The van der Waals surface area contributed by atoms with Crippen molar-refractivity contribution in [2.24, 2.45) is 5.41 Å². The van der Waals surface area contributed by atoms with Crippen molar-refractivity contribution in [1.29, 1.82) is 0 Å². The molecule has 1 N–H and O–H groups in total.